The lowest BCUT2D eigenvalue weighted by atomic mass is 10.2. The quantitative estimate of drug-likeness (QED) is 0.512. The number of hydrogen-bond donors (Lipinski definition) is 1. The first-order valence-corrected chi connectivity index (χ1v) is 9.26. The number of carbonyl (C=O) groups excluding carboxylic acids is 1. The first-order valence-electron chi connectivity index (χ1n) is 8.88. The van der Waals surface area contributed by atoms with Gasteiger partial charge in [-0.1, -0.05) is 30.3 Å². The lowest BCUT2D eigenvalue weighted by Gasteiger charge is -2.16. The molecular formula is C19H19ClN4O4. The number of carbonyl (C=O) groups is 1. The van der Waals surface area contributed by atoms with Gasteiger partial charge in [-0.25, -0.2) is 9.78 Å². The number of nitrogen functional groups attached to an aromatic ring is 1. The molecule has 2 atom stereocenters. The summed E-state index contributed by atoms with van der Waals surface area (Å²) in [6.07, 6.45) is 2.16. The van der Waals surface area contributed by atoms with Crippen molar-refractivity contribution >= 4 is 34.6 Å². The molecule has 1 aliphatic rings. The third kappa shape index (κ3) is 4.02. The van der Waals surface area contributed by atoms with E-state index in [1.165, 1.54) is 0 Å². The third-order valence-electron chi connectivity index (χ3n) is 4.56. The molecular weight excluding hydrogens is 384 g/mol. The smallest absolute Gasteiger partial charge is 0.432 e. The van der Waals surface area contributed by atoms with Crippen molar-refractivity contribution in [2.24, 2.45) is 0 Å². The minimum atomic E-state index is -0.713. The van der Waals surface area contributed by atoms with Crippen molar-refractivity contribution in [2.75, 3.05) is 12.3 Å². The van der Waals surface area contributed by atoms with Gasteiger partial charge in [-0.05, 0) is 36.1 Å². The van der Waals surface area contributed by atoms with E-state index in [0.29, 0.717) is 11.5 Å². The first-order chi connectivity index (χ1) is 13.6. The molecule has 3 heterocycles. The van der Waals surface area contributed by atoms with Crippen molar-refractivity contribution in [1.82, 2.24) is 14.5 Å². The predicted molar refractivity (Wildman–Crippen MR) is 103 cm³/mol. The highest BCUT2D eigenvalue weighted by Crippen LogP contribution is 2.32. The summed E-state index contributed by atoms with van der Waals surface area (Å²) in [7, 11) is 0. The summed E-state index contributed by atoms with van der Waals surface area (Å²) < 4.78 is 18.1. The van der Waals surface area contributed by atoms with E-state index >= 15 is 0 Å². The number of halogens is 1. The van der Waals surface area contributed by atoms with Gasteiger partial charge in [0.1, 0.15) is 30.9 Å². The summed E-state index contributed by atoms with van der Waals surface area (Å²) in [5.41, 5.74) is 7.40. The second-order valence-electron chi connectivity index (χ2n) is 6.46. The minimum Gasteiger partial charge on any atom is -0.432 e. The van der Waals surface area contributed by atoms with Gasteiger partial charge in [0.2, 0.25) is 5.28 Å². The zero-order valence-electron chi connectivity index (χ0n) is 15.0. The summed E-state index contributed by atoms with van der Waals surface area (Å²) in [5.74, 6) is 0.327. The lowest BCUT2D eigenvalue weighted by Crippen LogP contribution is -2.20. The second kappa shape index (κ2) is 8.04. The molecule has 1 aromatic carbocycles. The number of benzene rings is 1. The van der Waals surface area contributed by atoms with Gasteiger partial charge in [-0.2, -0.15) is 4.98 Å². The van der Waals surface area contributed by atoms with Crippen LogP contribution in [0.2, 0.25) is 5.28 Å². The van der Waals surface area contributed by atoms with Crippen molar-refractivity contribution in [3.8, 4) is 0 Å². The fourth-order valence-corrected chi connectivity index (χ4v) is 3.37. The molecule has 8 nitrogen and oxygen atoms in total. The van der Waals surface area contributed by atoms with Crippen molar-refractivity contribution < 1.29 is 19.0 Å². The van der Waals surface area contributed by atoms with Gasteiger partial charge in [-0.3, -0.25) is 0 Å². The van der Waals surface area contributed by atoms with Crippen LogP contribution in [0.25, 0.3) is 11.0 Å². The van der Waals surface area contributed by atoms with E-state index in [4.69, 9.17) is 31.5 Å². The Morgan fingerprint density at radius 2 is 2.04 bits per heavy atom. The van der Waals surface area contributed by atoms with E-state index in [1.54, 1.807) is 0 Å². The number of fused-ring (bicyclic) bond motifs is 1. The summed E-state index contributed by atoms with van der Waals surface area (Å²) in [6.45, 7) is 0.298. The predicted octanol–water partition coefficient (Wildman–Crippen LogP) is 3.70. The van der Waals surface area contributed by atoms with Crippen LogP contribution in [0, 0.1) is 0 Å². The highest BCUT2D eigenvalue weighted by Gasteiger charge is 2.29. The SMILES string of the molecule is Nc1nc(Cl)nc2c1ccn2C1CC[C@@H](COC(=O)OCc2ccccc2)O1. The number of ether oxygens (including phenoxy) is 3. The minimum absolute atomic E-state index is 0.0870. The number of rotatable bonds is 5. The second-order valence-corrected chi connectivity index (χ2v) is 6.80. The molecule has 4 rings (SSSR count). The fourth-order valence-electron chi connectivity index (χ4n) is 3.19. The van der Waals surface area contributed by atoms with Crippen molar-refractivity contribution in [1.29, 1.82) is 0 Å². The van der Waals surface area contributed by atoms with E-state index in [-0.39, 0.29) is 30.8 Å². The van der Waals surface area contributed by atoms with Crippen LogP contribution in [0.15, 0.2) is 42.6 Å². The number of aromatic nitrogens is 3. The van der Waals surface area contributed by atoms with Crippen LogP contribution in [0.3, 0.4) is 0 Å². The van der Waals surface area contributed by atoms with Crippen molar-refractivity contribution in [2.45, 2.75) is 31.8 Å². The summed E-state index contributed by atoms with van der Waals surface area (Å²) in [5, 5.41) is 0.807. The lowest BCUT2D eigenvalue weighted by molar-refractivity contribution is -0.0379. The number of anilines is 1. The van der Waals surface area contributed by atoms with Gasteiger partial charge < -0.3 is 24.5 Å². The molecule has 146 valence electrons. The average Bonchev–Trinajstić information content (AvgIpc) is 3.32. The van der Waals surface area contributed by atoms with Crippen LogP contribution in [-0.4, -0.2) is 33.4 Å². The Morgan fingerprint density at radius 3 is 2.86 bits per heavy atom. The van der Waals surface area contributed by atoms with E-state index in [9.17, 15) is 4.79 Å². The molecule has 1 aliphatic heterocycles. The van der Waals surface area contributed by atoms with Crippen molar-refractivity contribution in [3.63, 3.8) is 0 Å². The highest BCUT2D eigenvalue weighted by atomic mass is 35.5. The molecule has 9 heteroatoms. The van der Waals surface area contributed by atoms with E-state index in [0.717, 1.165) is 23.8 Å². The Morgan fingerprint density at radius 1 is 1.21 bits per heavy atom. The summed E-state index contributed by atoms with van der Waals surface area (Å²) in [4.78, 5) is 20.0. The zero-order valence-corrected chi connectivity index (χ0v) is 15.7. The summed E-state index contributed by atoms with van der Waals surface area (Å²) >= 11 is 5.92. The molecule has 0 bridgehead atoms. The zero-order chi connectivity index (χ0) is 19.5. The maximum absolute atomic E-state index is 11.8. The van der Waals surface area contributed by atoms with E-state index in [1.807, 2.05) is 47.2 Å². The van der Waals surface area contributed by atoms with Crippen LogP contribution in [0.5, 0.6) is 0 Å². The molecule has 2 N–H and O–H groups in total. The monoisotopic (exact) mass is 402 g/mol. The molecule has 1 fully saturated rings. The van der Waals surface area contributed by atoms with Gasteiger partial charge in [0.05, 0.1) is 11.5 Å². The Hall–Kier alpha value is -2.84. The Labute approximate surface area is 166 Å². The third-order valence-corrected chi connectivity index (χ3v) is 4.73. The summed E-state index contributed by atoms with van der Waals surface area (Å²) in [6, 6.07) is 11.2. The number of hydrogen-bond acceptors (Lipinski definition) is 7. The molecule has 0 radical (unpaired) electrons. The van der Waals surface area contributed by atoms with E-state index in [2.05, 4.69) is 9.97 Å². The molecule has 0 amide bonds. The van der Waals surface area contributed by atoms with Gasteiger partial charge in [0.15, 0.2) is 0 Å². The molecule has 0 spiro atoms. The number of nitrogens with zero attached hydrogens (tertiary/aromatic N) is 3. The van der Waals surface area contributed by atoms with Crippen molar-refractivity contribution in [3.05, 3.63) is 53.4 Å². The maximum Gasteiger partial charge on any atom is 0.508 e. The highest BCUT2D eigenvalue weighted by molar-refractivity contribution is 6.28. The van der Waals surface area contributed by atoms with E-state index < -0.39 is 6.16 Å². The molecule has 3 aromatic rings. The van der Waals surface area contributed by atoms with Gasteiger partial charge >= 0.3 is 6.16 Å². The largest absolute Gasteiger partial charge is 0.508 e. The fraction of sp³-hybridized carbons (Fsp3) is 0.316. The molecule has 1 saturated heterocycles. The molecule has 0 aliphatic carbocycles. The van der Waals surface area contributed by atoms with Crippen LogP contribution >= 0.6 is 11.6 Å². The number of nitrogens with two attached hydrogens (primary N) is 1. The normalized spacial score (nSPS) is 19.0. The van der Waals surface area contributed by atoms with Gasteiger partial charge in [0, 0.05) is 6.20 Å². The Kier molecular flexibility index (Phi) is 5.31. The Balaban J connectivity index is 1.30. The van der Waals surface area contributed by atoms with Gasteiger partial charge in [-0.15, -0.1) is 0 Å². The standard InChI is InChI=1S/C19H19ClN4O4/c20-18-22-16(21)14-8-9-24(17(14)23-18)15-7-6-13(28-15)11-27-19(25)26-10-12-4-2-1-3-5-12/h1-5,8-9,13,15H,6-7,10-11H2,(H2,21,22,23)/t13-,15?/m0/s1. The Bertz CT molecular complexity index is 979. The molecule has 28 heavy (non-hydrogen) atoms. The van der Waals surface area contributed by atoms with Crippen LogP contribution in [0.1, 0.15) is 24.6 Å². The van der Waals surface area contributed by atoms with Crippen LogP contribution in [-0.2, 0) is 20.8 Å². The average molecular weight is 403 g/mol. The molecule has 0 saturated carbocycles. The van der Waals surface area contributed by atoms with Crippen LogP contribution < -0.4 is 5.73 Å². The van der Waals surface area contributed by atoms with Gasteiger partial charge in [0.25, 0.3) is 0 Å². The van der Waals surface area contributed by atoms with Crippen LogP contribution in [0.4, 0.5) is 10.6 Å². The first kappa shape index (κ1) is 18.5. The maximum atomic E-state index is 11.8. The molecule has 1 unspecified atom stereocenters. The topological polar surface area (TPSA) is 101 Å². The molecule has 2 aromatic heterocycles.